The fraction of sp³-hybridized carbons (Fsp3) is 0.450. The zero-order valence-corrected chi connectivity index (χ0v) is 15.1. The molecule has 1 saturated heterocycles. The summed E-state index contributed by atoms with van der Waals surface area (Å²) in [6, 6.07) is 11.1. The van der Waals surface area contributed by atoms with Gasteiger partial charge in [-0.1, -0.05) is 38.1 Å². The number of amides is 1. The van der Waals surface area contributed by atoms with E-state index in [0.717, 1.165) is 37.2 Å². The summed E-state index contributed by atoms with van der Waals surface area (Å²) in [6.07, 6.45) is 3.04. The summed E-state index contributed by atoms with van der Waals surface area (Å²) in [6.45, 7) is 6.57. The highest BCUT2D eigenvalue weighted by atomic mass is 32.1. The number of hydrogen-bond acceptors (Lipinski definition) is 3. The zero-order chi connectivity index (χ0) is 16.7. The molecule has 0 unspecified atom stereocenters. The van der Waals surface area contributed by atoms with Gasteiger partial charge in [-0.3, -0.25) is 4.79 Å². The predicted molar refractivity (Wildman–Crippen MR) is 99.8 cm³/mol. The van der Waals surface area contributed by atoms with E-state index in [9.17, 15) is 4.79 Å². The van der Waals surface area contributed by atoms with Gasteiger partial charge in [-0.2, -0.15) is 0 Å². The molecule has 0 spiro atoms. The van der Waals surface area contributed by atoms with Crippen LogP contribution in [-0.2, 0) is 11.8 Å². The van der Waals surface area contributed by atoms with Gasteiger partial charge in [0, 0.05) is 10.9 Å². The van der Waals surface area contributed by atoms with Gasteiger partial charge in [0.15, 0.2) is 0 Å². The van der Waals surface area contributed by atoms with Crippen molar-refractivity contribution in [2.45, 2.75) is 44.6 Å². The Hall–Kier alpha value is -1.65. The van der Waals surface area contributed by atoms with Crippen LogP contribution in [0.4, 0.5) is 0 Å². The molecular formula is C20H24N2OS. The van der Waals surface area contributed by atoms with Gasteiger partial charge in [-0.25, -0.2) is 0 Å². The molecule has 0 bridgehead atoms. The van der Waals surface area contributed by atoms with E-state index in [4.69, 9.17) is 0 Å². The largest absolute Gasteiger partial charge is 0.349 e. The van der Waals surface area contributed by atoms with E-state index in [1.807, 2.05) is 0 Å². The Morgan fingerprint density at radius 2 is 2.00 bits per heavy atom. The van der Waals surface area contributed by atoms with E-state index < -0.39 is 0 Å². The Balaban J connectivity index is 1.63. The minimum absolute atomic E-state index is 0.0941. The Labute approximate surface area is 147 Å². The van der Waals surface area contributed by atoms with E-state index in [-0.39, 0.29) is 11.3 Å². The molecule has 1 aromatic heterocycles. The molecule has 1 amide bonds. The van der Waals surface area contributed by atoms with Crippen LogP contribution >= 0.6 is 11.3 Å². The monoisotopic (exact) mass is 340 g/mol. The van der Waals surface area contributed by atoms with Crippen molar-refractivity contribution in [3.63, 3.8) is 0 Å². The maximum absolute atomic E-state index is 12.7. The molecule has 2 aliphatic rings. The minimum Gasteiger partial charge on any atom is -0.349 e. The first kappa shape index (κ1) is 15.9. The van der Waals surface area contributed by atoms with E-state index in [1.165, 1.54) is 21.6 Å². The lowest BCUT2D eigenvalue weighted by Gasteiger charge is -2.32. The Bertz CT molecular complexity index is 772. The number of hydrogen-bond donors (Lipinski definition) is 2. The summed E-state index contributed by atoms with van der Waals surface area (Å²) in [5.74, 6) is 0.0941. The average molecular weight is 340 g/mol. The molecule has 1 aliphatic carbocycles. The first-order valence-corrected chi connectivity index (χ1v) is 9.60. The van der Waals surface area contributed by atoms with Gasteiger partial charge in [0.2, 0.25) is 0 Å². The minimum atomic E-state index is 0.0941. The Morgan fingerprint density at radius 1 is 1.25 bits per heavy atom. The third kappa shape index (κ3) is 2.78. The van der Waals surface area contributed by atoms with Crippen molar-refractivity contribution in [3.05, 3.63) is 46.3 Å². The summed E-state index contributed by atoms with van der Waals surface area (Å²) in [5, 5.41) is 6.56. The topological polar surface area (TPSA) is 41.1 Å². The second kappa shape index (κ2) is 6.01. The maximum Gasteiger partial charge on any atom is 0.261 e. The lowest BCUT2D eigenvalue weighted by atomic mass is 9.73. The Morgan fingerprint density at radius 3 is 2.79 bits per heavy atom. The van der Waals surface area contributed by atoms with Crippen molar-refractivity contribution >= 4 is 17.2 Å². The highest BCUT2D eigenvalue weighted by molar-refractivity contribution is 7.17. The predicted octanol–water partition coefficient (Wildman–Crippen LogP) is 3.73. The molecule has 24 heavy (non-hydrogen) atoms. The van der Waals surface area contributed by atoms with Gasteiger partial charge in [0.1, 0.15) is 0 Å². The van der Waals surface area contributed by atoms with Crippen LogP contribution in [0.2, 0.25) is 0 Å². The number of piperidine rings is 1. The quantitative estimate of drug-likeness (QED) is 0.874. The summed E-state index contributed by atoms with van der Waals surface area (Å²) in [5.41, 5.74) is 4.13. The number of rotatable bonds is 2. The van der Waals surface area contributed by atoms with Crippen LogP contribution in [0.3, 0.4) is 0 Å². The maximum atomic E-state index is 12.7. The van der Waals surface area contributed by atoms with Crippen molar-refractivity contribution in [3.8, 4) is 10.4 Å². The van der Waals surface area contributed by atoms with Crippen LogP contribution in [0.5, 0.6) is 0 Å². The number of nitrogens with one attached hydrogen (secondary N) is 2. The molecule has 126 valence electrons. The van der Waals surface area contributed by atoms with E-state index in [1.54, 1.807) is 11.3 Å². The molecular weight excluding hydrogens is 316 g/mol. The lowest BCUT2D eigenvalue weighted by molar-refractivity contribution is 0.0933. The number of carbonyl (C=O) groups excluding carboxylic acids is 1. The number of carbonyl (C=O) groups is 1. The Kier molecular flexibility index (Phi) is 3.97. The standard InChI is InChI=1S/C20H24N2OS/c1-20(2)12-13-11-17(19(23)22-14-7-9-21-10-8-14)24-18(13)15-5-3-4-6-16(15)20/h3-6,11,14,21H,7-10,12H2,1-2H3,(H,22,23). The third-order valence-electron chi connectivity index (χ3n) is 5.24. The molecule has 4 heteroatoms. The summed E-state index contributed by atoms with van der Waals surface area (Å²) in [7, 11) is 0. The fourth-order valence-electron chi connectivity index (χ4n) is 3.97. The first-order chi connectivity index (χ1) is 11.5. The molecule has 4 rings (SSSR count). The normalized spacial score (nSPS) is 19.4. The van der Waals surface area contributed by atoms with Gasteiger partial charge < -0.3 is 10.6 Å². The van der Waals surface area contributed by atoms with Crippen molar-refractivity contribution in [2.24, 2.45) is 0 Å². The molecule has 1 aliphatic heterocycles. The van der Waals surface area contributed by atoms with Gasteiger partial charge in [0.25, 0.3) is 5.91 Å². The number of thiophene rings is 1. The smallest absolute Gasteiger partial charge is 0.261 e. The summed E-state index contributed by atoms with van der Waals surface area (Å²) >= 11 is 1.65. The van der Waals surface area contributed by atoms with Crippen LogP contribution in [0.1, 0.15) is 47.5 Å². The van der Waals surface area contributed by atoms with Gasteiger partial charge in [-0.15, -0.1) is 11.3 Å². The first-order valence-electron chi connectivity index (χ1n) is 8.79. The zero-order valence-electron chi connectivity index (χ0n) is 14.3. The second-order valence-corrected chi connectivity index (χ2v) is 8.62. The van der Waals surface area contributed by atoms with Crippen molar-refractivity contribution in [1.82, 2.24) is 10.6 Å². The number of fused-ring (bicyclic) bond motifs is 3. The molecule has 0 radical (unpaired) electrons. The molecule has 1 fully saturated rings. The van der Waals surface area contributed by atoms with Crippen LogP contribution in [0.15, 0.2) is 30.3 Å². The van der Waals surface area contributed by atoms with Crippen LogP contribution < -0.4 is 10.6 Å². The molecule has 0 atom stereocenters. The summed E-state index contributed by atoms with van der Waals surface area (Å²) in [4.78, 5) is 14.8. The van der Waals surface area contributed by atoms with Gasteiger partial charge in [0.05, 0.1) is 4.88 Å². The highest BCUT2D eigenvalue weighted by Gasteiger charge is 2.33. The van der Waals surface area contributed by atoms with E-state index >= 15 is 0 Å². The van der Waals surface area contributed by atoms with Gasteiger partial charge in [-0.05, 0) is 60.5 Å². The average Bonchev–Trinajstić information content (AvgIpc) is 2.99. The molecule has 1 aromatic carbocycles. The molecule has 3 nitrogen and oxygen atoms in total. The third-order valence-corrected chi connectivity index (χ3v) is 6.45. The molecule has 2 aromatic rings. The number of benzene rings is 1. The summed E-state index contributed by atoms with van der Waals surface area (Å²) < 4.78 is 0. The fourth-order valence-corrected chi connectivity index (χ4v) is 5.09. The van der Waals surface area contributed by atoms with Gasteiger partial charge >= 0.3 is 0 Å². The molecule has 2 heterocycles. The van der Waals surface area contributed by atoms with Crippen LogP contribution in [-0.4, -0.2) is 25.0 Å². The van der Waals surface area contributed by atoms with Crippen LogP contribution in [0.25, 0.3) is 10.4 Å². The second-order valence-electron chi connectivity index (χ2n) is 7.57. The van der Waals surface area contributed by atoms with Crippen molar-refractivity contribution < 1.29 is 4.79 Å². The van der Waals surface area contributed by atoms with Crippen LogP contribution in [0, 0.1) is 0 Å². The lowest BCUT2D eigenvalue weighted by Crippen LogP contribution is -2.42. The highest BCUT2D eigenvalue weighted by Crippen LogP contribution is 2.46. The molecule has 0 saturated carbocycles. The molecule has 2 N–H and O–H groups in total. The van der Waals surface area contributed by atoms with Crippen molar-refractivity contribution in [1.29, 1.82) is 0 Å². The van der Waals surface area contributed by atoms with E-state index in [0.29, 0.717) is 6.04 Å². The van der Waals surface area contributed by atoms with E-state index in [2.05, 4.69) is 54.8 Å². The van der Waals surface area contributed by atoms with Crippen molar-refractivity contribution in [2.75, 3.05) is 13.1 Å². The SMILES string of the molecule is CC1(C)Cc2cc(C(=O)NC3CCNCC3)sc2-c2ccccc21.